The highest BCUT2D eigenvalue weighted by Crippen LogP contribution is 2.38. The van der Waals surface area contributed by atoms with Crippen molar-refractivity contribution in [3.05, 3.63) is 32.8 Å². The second kappa shape index (κ2) is 7.02. The van der Waals surface area contributed by atoms with Crippen molar-refractivity contribution in [1.29, 1.82) is 0 Å². The van der Waals surface area contributed by atoms with E-state index in [2.05, 4.69) is 6.92 Å². The Balaban J connectivity index is 1.89. The largest absolute Gasteiger partial charge is 0.462 e. The molecule has 0 saturated heterocycles. The lowest BCUT2D eigenvalue weighted by Crippen LogP contribution is -2.26. The highest BCUT2D eigenvalue weighted by molar-refractivity contribution is 6.45. The van der Waals surface area contributed by atoms with E-state index in [1.165, 1.54) is 31.4 Å². The van der Waals surface area contributed by atoms with Gasteiger partial charge in [0.05, 0.1) is 22.2 Å². The average Bonchev–Trinajstić information content (AvgIpc) is 2.37. The van der Waals surface area contributed by atoms with Crippen LogP contribution in [-0.2, 0) is 4.74 Å². The molecule has 0 heterocycles. The van der Waals surface area contributed by atoms with Crippen LogP contribution in [0.15, 0.2) is 12.1 Å². The van der Waals surface area contributed by atoms with E-state index in [9.17, 15) is 4.79 Å². The maximum Gasteiger partial charge on any atom is 0.339 e. The first-order valence-electron chi connectivity index (χ1n) is 6.84. The van der Waals surface area contributed by atoms with E-state index in [0.717, 1.165) is 12.3 Å². The van der Waals surface area contributed by atoms with Gasteiger partial charge >= 0.3 is 5.97 Å². The minimum Gasteiger partial charge on any atom is -0.462 e. The van der Waals surface area contributed by atoms with Gasteiger partial charge in [-0.05, 0) is 43.2 Å². The third kappa shape index (κ3) is 3.60. The molecule has 20 heavy (non-hydrogen) atoms. The molecule has 0 aromatic heterocycles. The van der Waals surface area contributed by atoms with Gasteiger partial charge in [0.2, 0.25) is 0 Å². The molecule has 1 aliphatic rings. The van der Waals surface area contributed by atoms with Crippen LogP contribution in [0.3, 0.4) is 0 Å². The van der Waals surface area contributed by atoms with E-state index >= 15 is 0 Å². The number of carbonyl (C=O) groups excluding carboxylic acids is 1. The minimum absolute atomic E-state index is 0.191. The predicted molar refractivity (Wildman–Crippen MR) is 82.9 cm³/mol. The zero-order valence-electron chi connectivity index (χ0n) is 11.3. The molecule has 0 amide bonds. The Hall–Kier alpha value is -0.440. The number of ether oxygens (including phenoxy) is 1. The Morgan fingerprint density at radius 1 is 1.25 bits per heavy atom. The summed E-state index contributed by atoms with van der Waals surface area (Å²) >= 11 is 17.8. The first-order chi connectivity index (χ1) is 9.52. The van der Waals surface area contributed by atoms with Gasteiger partial charge in [0.1, 0.15) is 0 Å². The summed E-state index contributed by atoms with van der Waals surface area (Å²) in [5.74, 6) is 1.01. The average molecular weight is 336 g/mol. The lowest BCUT2D eigenvalue weighted by molar-refractivity contribution is 0.0418. The number of hydrogen-bond acceptors (Lipinski definition) is 2. The Morgan fingerprint density at radius 2 is 1.95 bits per heavy atom. The van der Waals surface area contributed by atoms with Crippen molar-refractivity contribution in [1.82, 2.24) is 0 Å². The SMILES string of the molecule is CCC1CCC1CCOC(=O)c1cc(Cl)cc(Cl)c1Cl. The molecule has 0 radical (unpaired) electrons. The monoisotopic (exact) mass is 334 g/mol. The van der Waals surface area contributed by atoms with Gasteiger partial charge < -0.3 is 4.74 Å². The standard InChI is InChI=1S/C15H17Cl3O2/c1-2-9-3-4-10(9)5-6-20-15(19)12-7-11(16)8-13(17)14(12)18/h7-10H,2-6H2,1H3. The van der Waals surface area contributed by atoms with Gasteiger partial charge in [0.25, 0.3) is 0 Å². The van der Waals surface area contributed by atoms with Gasteiger partial charge in [-0.15, -0.1) is 0 Å². The van der Waals surface area contributed by atoms with E-state index in [4.69, 9.17) is 39.5 Å². The van der Waals surface area contributed by atoms with Crippen molar-refractivity contribution in [2.75, 3.05) is 6.61 Å². The zero-order chi connectivity index (χ0) is 14.7. The minimum atomic E-state index is -0.466. The Bertz CT molecular complexity index is 500. The summed E-state index contributed by atoms with van der Waals surface area (Å²) in [6, 6.07) is 2.98. The van der Waals surface area contributed by atoms with Crippen molar-refractivity contribution in [3.8, 4) is 0 Å². The molecule has 110 valence electrons. The molecule has 1 aromatic carbocycles. The quantitative estimate of drug-likeness (QED) is 0.515. The number of esters is 1. The lowest BCUT2D eigenvalue weighted by Gasteiger charge is -2.35. The number of hydrogen-bond donors (Lipinski definition) is 0. The topological polar surface area (TPSA) is 26.3 Å². The fourth-order valence-corrected chi connectivity index (χ4v) is 3.32. The molecular formula is C15H17Cl3O2. The molecule has 2 nitrogen and oxygen atoms in total. The fourth-order valence-electron chi connectivity index (χ4n) is 2.64. The number of rotatable bonds is 5. The maximum absolute atomic E-state index is 12.0. The van der Waals surface area contributed by atoms with E-state index in [-0.39, 0.29) is 15.6 Å². The van der Waals surface area contributed by atoms with Crippen LogP contribution < -0.4 is 0 Å². The molecule has 1 saturated carbocycles. The van der Waals surface area contributed by atoms with Crippen LogP contribution in [-0.4, -0.2) is 12.6 Å². The van der Waals surface area contributed by atoms with Crippen LogP contribution in [0.25, 0.3) is 0 Å². The Morgan fingerprint density at radius 3 is 2.55 bits per heavy atom. The molecule has 0 spiro atoms. The van der Waals surface area contributed by atoms with Crippen LogP contribution >= 0.6 is 34.8 Å². The zero-order valence-corrected chi connectivity index (χ0v) is 13.6. The molecule has 0 bridgehead atoms. The number of benzene rings is 1. The van der Waals surface area contributed by atoms with Gasteiger partial charge in [-0.3, -0.25) is 0 Å². The highest BCUT2D eigenvalue weighted by Gasteiger charge is 2.29. The first kappa shape index (κ1) is 15.9. The van der Waals surface area contributed by atoms with Gasteiger partial charge in [0, 0.05) is 5.02 Å². The summed E-state index contributed by atoms with van der Waals surface area (Å²) in [6.07, 6.45) is 4.65. The van der Waals surface area contributed by atoms with E-state index in [1.807, 2.05) is 0 Å². The predicted octanol–water partition coefficient (Wildman–Crippen LogP) is 5.63. The molecule has 0 aliphatic heterocycles. The van der Waals surface area contributed by atoms with Crippen molar-refractivity contribution < 1.29 is 9.53 Å². The first-order valence-corrected chi connectivity index (χ1v) is 7.98. The van der Waals surface area contributed by atoms with Crippen molar-refractivity contribution in [2.24, 2.45) is 11.8 Å². The van der Waals surface area contributed by atoms with Crippen LogP contribution in [0.5, 0.6) is 0 Å². The Kier molecular flexibility index (Phi) is 5.59. The van der Waals surface area contributed by atoms with Gasteiger partial charge in [-0.2, -0.15) is 0 Å². The van der Waals surface area contributed by atoms with Crippen LogP contribution in [0, 0.1) is 11.8 Å². The second-order valence-corrected chi connectivity index (χ2v) is 6.40. The van der Waals surface area contributed by atoms with E-state index in [1.54, 1.807) is 0 Å². The van der Waals surface area contributed by atoms with Crippen LogP contribution in [0.1, 0.15) is 43.0 Å². The van der Waals surface area contributed by atoms with Crippen molar-refractivity contribution in [3.63, 3.8) is 0 Å². The Labute approximate surface area is 134 Å². The van der Waals surface area contributed by atoms with Gasteiger partial charge in [-0.1, -0.05) is 48.1 Å². The summed E-state index contributed by atoms with van der Waals surface area (Å²) in [4.78, 5) is 12.0. The molecule has 2 atom stereocenters. The van der Waals surface area contributed by atoms with E-state index < -0.39 is 5.97 Å². The number of carbonyl (C=O) groups is 1. The van der Waals surface area contributed by atoms with Crippen molar-refractivity contribution in [2.45, 2.75) is 32.6 Å². The third-order valence-electron chi connectivity index (χ3n) is 4.03. The van der Waals surface area contributed by atoms with Crippen LogP contribution in [0.2, 0.25) is 15.1 Å². The second-order valence-electron chi connectivity index (χ2n) is 5.18. The van der Waals surface area contributed by atoms with E-state index in [0.29, 0.717) is 17.5 Å². The molecule has 2 rings (SSSR count). The highest BCUT2D eigenvalue weighted by atomic mass is 35.5. The van der Waals surface area contributed by atoms with Crippen molar-refractivity contribution >= 4 is 40.8 Å². The molecule has 2 unspecified atom stereocenters. The van der Waals surface area contributed by atoms with Gasteiger partial charge in [0.15, 0.2) is 0 Å². The van der Waals surface area contributed by atoms with Crippen LogP contribution in [0.4, 0.5) is 0 Å². The summed E-state index contributed by atoms with van der Waals surface area (Å²) in [5, 5.41) is 0.823. The fraction of sp³-hybridized carbons (Fsp3) is 0.533. The smallest absolute Gasteiger partial charge is 0.339 e. The summed E-state index contributed by atoms with van der Waals surface area (Å²) in [6.45, 7) is 2.62. The summed E-state index contributed by atoms with van der Waals surface area (Å²) < 4.78 is 5.28. The maximum atomic E-state index is 12.0. The number of halogens is 3. The summed E-state index contributed by atoms with van der Waals surface area (Å²) in [5.41, 5.74) is 0.227. The molecule has 1 aliphatic carbocycles. The molecule has 5 heteroatoms. The molecule has 1 aromatic rings. The molecule has 0 N–H and O–H groups in total. The molecule has 1 fully saturated rings. The summed E-state index contributed by atoms with van der Waals surface area (Å²) in [7, 11) is 0. The van der Waals surface area contributed by atoms with Gasteiger partial charge in [-0.25, -0.2) is 4.79 Å². The third-order valence-corrected chi connectivity index (χ3v) is 5.05. The lowest BCUT2D eigenvalue weighted by atomic mass is 9.71. The molecular weight excluding hydrogens is 319 g/mol. The normalized spacial score (nSPS) is 21.4.